The predicted octanol–water partition coefficient (Wildman–Crippen LogP) is 0.267. The van der Waals surface area contributed by atoms with Gasteiger partial charge in [-0.15, -0.1) is 0 Å². The van der Waals surface area contributed by atoms with Crippen LogP contribution < -0.4 is 5.32 Å². The van der Waals surface area contributed by atoms with Crippen molar-refractivity contribution in [2.45, 2.75) is 20.3 Å². The Bertz CT molecular complexity index is 230. The highest BCUT2D eigenvalue weighted by molar-refractivity contribution is 5.77. The van der Waals surface area contributed by atoms with Crippen molar-refractivity contribution in [3.63, 3.8) is 0 Å². The van der Waals surface area contributed by atoms with Crippen molar-refractivity contribution in [3.05, 3.63) is 0 Å². The minimum absolute atomic E-state index is 0.238. The maximum Gasteiger partial charge on any atom is 0.329 e. The van der Waals surface area contributed by atoms with E-state index in [9.17, 15) is 9.59 Å². The summed E-state index contributed by atoms with van der Waals surface area (Å²) in [7, 11) is 0. The van der Waals surface area contributed by atoms with Crippen molar-refractivity contribution in [1.82, 2.24) is 5.32 Å². The van der Waals surface area contributed by atoms with Gasteiger partial charge < -0.3 is 19.9 Å². The highest BCUT2D eigenvalue weighted by atomic mass is 16.5. The van der Waals surface area contributed by atoms with E-state index in [1.54, 1.807) is 0 Å². The number of aliphatic carboxylic acids is 1. The van der Waals surface area contributed by atoms with E-state index in [2.05, 4.69) is 23.9 Å². The van der Waals surface area contributed by atoms with Gasteiger partial charge in [0.1, 0.15) is 13.2 Å². The quantitative estimate of drug-likeness (QED) is 0.541. The molecule has 1 amide bonds. The van der Waals surface area contributed by atoms with E-state index in [1.165, 1.54) is 0 Å². The summed E-state index contributed by atoms with van der Waals surface area (Å²) in [5, 5.41) is 10.8. The third-order valence-electron chi connectivity index (χ3n) is 1.87. The van der Waals surface area contributed by atoms with Gasteiger partial charge in [-0.1, -0.05) is 13.8 Å². The molecule has 0 aliphatic carbocycles. The summed E-state index contributed by atoms with van der Waals surface area (Å²) in [5.41, 5.74) is 0. The van der Waals surface area contributed by atoms with E-state index in [4.69, 9.17) is 9.84 Å². The number of carboxylic acid groups (broad SMARTS) is 1. The van der Waals surface area contributed by atoms with Crippen LogP contribution in [0.2, 0.25) is 0 Å². The van der Waals surface area contributed by atoms with E-state index in [0.717, 1.165) is 6.42 Å². The molecule has 0 aromatic rings. The second-order valence-electron chi connectivity index (χ2n) is 4.03. The molecule has 0 saturated heterocycles. The van der Waals surface area contributed by atoms with Crippen LogP contribution in [0.25, 0.3) is 0 Å². The number of carboxylic acids is 1. The van der Waals surface area contributed by atoms with Crippen molar-refractivity contribution >= 4 is 11.9 Å². The highest BCUT2D eigenvalue weighted by Gasteiger charge is 2.02. The van der Waals surface area contributed by atoms with Gasteiger partial charge in [-0.2, -0.15) is 0 Å². The summed E-state index contributed by atoms with van der Waals surface area (Å²) in [6.07, 6.45) is 0.996. The predicted molar refractivity (Wildman–Crippen MR) is 61.7 cm³/mol. The van der Waals surface area contributed by atoms with Crippen molar-refractivity contribution in [3.8, 4) is 0 Å². The van der Waals surface area contributed by atoms with Crippen LogP contribution >= 0.6 is 0 Å². The Hall–Kier alpha value is -1.14. The molecule has 0 bridgehead atoms. The maximum atomic E-state index is 11.1. The Morgan fingerprint density at radius 3 is 2.47 bits per heavy atom. The van der Waals surface area contributed by atoms with Crippen LogP contribution in [0.5, 0.6) is 0 Å². The van der Waals surface area contributed by atoms with Gasteiger partial charge in [-0.3, -0.25) is 4.79 Å². The van der Waals surface area contributed by atoms with Crippen molar-refractivity contribution in [2.75, 3.05) is 33.0 Å². The first-order valence-electron chi connectivity index (χ1n) is 5.66. The molecule has 0 atom stereocenters. The van der Waals surface area contributed by atoms with E-state index in [0.29, 0.717) is 25.7 Å². The van der Waals surface area contributed by atoms with Crippen LogP contribution in [0.4, 0.5) is 0 Å². The highest BCUT2D eigenvalue weighted by Crippen LogP contribution is 1.98. The normalized spacial score (nSPS) is 10.5. The van der Waals surface area contributed by atoms with Crippen LogP contribution in [-0.2, 0) is 19.1 Å². The molecule has 0 rings (SSSR count). The third-order valence-corrected chi connectivity index (χ3v) is 1.87. The lowest BCUT2D eigenvalue weighted by atomic mass is 10.1. The Kier molecular flexibility index (Phi) is 9.37. The van der Waals surface area contributed by atoms with Crippen LogP contribution in [-0.4, -0.2) is 50.0 Å². The second kappa shape index (κ2) is 10.0. The van der Waals surface area contributed by atoms with E-state index in [-0.39, 0.29) is 12.5 Å². The van der Waals surface area contributed by atoms with Crippen LogP contribution in [0.15, 0.2) is 0 Å². The largest absolute Gasteiger partial charge is 0.480 e. The van der Waals surface area contributed by atoms with Crippen LogP contribution in [0.1, 0.15) is 20.3 Å². The molecule has 2 N–H and O–H groups in total. The number of amides is 1. The number of hydrogen-bond donors (Lipinski definition) is 2. The summed E-state index contributed by atoms with van der Waals surface area (Å²) in [4.78, 5) is 21.2. The lowest BCUT2D eigenvalue weighted by molar-refractivity contribution is -0.143. The summed E-state index contributed by atoms with van der Waals surface area (Å²) < 4.78 is 9.90. The van der Waals surface area contributed by atoms with Gasteiger partial charge in [-0.05, 0) is 12.3 Å². The van der Waals surface area contributed by atoms with E-state index in [1.807, 2.05) is 0 Å². The van der Waals surface area contributed by atoms with Crippen molar-refractivity contribution in [2.24, 2.45) is 5.92 Å². The number of nitrogens with one attached hydrogen (secondary N) is 1. The molecule has 6 heteroatoms. The first-order valence-corrected chi connectivity index (χ1v) is 5.66. The van der Waals surface area contributed by atoms with E-state index >= 15 is 0 Å². The fourth-order valence-electron chi connectivity index (χ4n) is 0.966. The van der Waals surface area contributed by atoms with Crippen LogP contribution in [0, 0.1) is 5.92 Å². The Morgan fingerprint density at radius 1 is 1.18 bits per heavy atom. The number of rotatable bonds is 10. The smallest absolute Gasteiger partial charge is 0.329 e. The molecule has 17 heavy (non-hydrogen) atoms. The Balaban J connectivity index is 3.25. The zero-order valence-electron chi connectivity index (χ0n) is 10.4. The lowest BCUT2D eigenvalue weighted by Crippen LogP contribution is -2.31. The molecule has 0 heterocycles. The second-order valence-corrected chi connectivity index (χ2v) is 4.03. The molecule has 0 aromatic heterocycles. The monoisotopic (exact) mass is 247 g/mol. The Labute approximate surface area is 101 Å². The molecule has 0 aliphatic rings. The fraction of sp³-hybridized carbons (Fsp3) is 0.818. The molecular weight excluding hydrogens is 226 g/mol. The molecule has 100 valence electrons. The zero-order chi connectivity index (χ0) is 13.1. The number of ether oxygens (including phenoxy) is 2. The summed E-state index contributed by atoms with van der Waals surface area (Å²) >= 11 is 0. The molecule has 0 fully saturated rings. The number of carbonyl (C=O) groups excluding carboxylic acids is 1. The van der Waals surface area contributed by atoms with Crippen molar-refractivity contribution < 1.29 is 24.2 Å². The summed E-state index contributed by atoms with van der Waals surface area (Å²) in [6, 6.07) is 0. The molecule has 0 aromatic carbocycles. The van der Waals surface area contributed by atoms with Gasteiger partial charge >= 0.3 is 5.97 Å². The SMILES string of the molecule is CC(C)CCOCCNC(=O)COCC(=O)O. The average Bonchev–Trinajstić information content (AvgIpc) is 2.22. The Morgan fingerprint density at radius 2 is 1.88 bits per heavy atom. The average molecular weight is 247 g/mol. The van der Waals surface area contributed by atoms with Gasteiger partial charge in [0.05, 0.1) is 6.61 Å². The minimum Gasteiger partial charge on any atom is -0.480 e. The molecule has 0 aliphatic heterocycles. The molecule has 0 spiro atoms. The number of hydrogen-bond acceptors (Lipinski definition) is 4. The first-order chi connectivity index (χ1) is 8.02. The van der Waals surface area contributed by atoms with Gasteiger partial charge in [0.2, 0.25) is 5.91 Å². The summed E-state index contributed by atoms with van der Waals surface area (Å²) in [6.45, 7) is 5.08. The maximum absolute atomic E-state index is 11.1. The third kappa shape index (κ3) is 12.8. The first kappa shape index (κ1) is 15.9. The standard InChI is InChI=1S/C11H21NO5/c1-9(2)3-5-16-6-4-12-10(13)7-17-8-11(14)15/h9H,3-8H2,1-2H3,(H,12,13)(H,14,15). The minimum atomic E-state index is -1.09. The molecule has 0 saturated carbocycles. The van der Waals surface area contributed by atoms with Crippen LogP contribution in [0.3, 0.4) is 0 Å². The van der Waals surface area contributed by atoms with Gasteiger partial charge in [0.25, 0.3) is 0 Å². The van der Waals surface area contributed by atoms with Gasteiger partial charge in [-0.25, -0.2) is 4.79 Å². The molecule has 0 radical (unpaired) electrons. The lowest BCUT2D eigenvalue weighted by Gasteiger charge is -2.07. The number of carbonyl (C=O) groups is 2. The van der Waals surface area contributed by atoms with Gasteiger partial charge in [0.15, 0.2) is 0 Å². The summed E-state index contributed by atoms with van der Waals surface area (Å²) in [5.74, 6) is -0.817. The fourth-order valence-corrected chi connectivity index (χ4v) is 0.966. The molecular formula is C11H21NO5. The zero-order valence-corrected chi connectivity index (χ0v) is 10.4. The van der Waals surface area contributed by atoms with E-state index < -0.39 is 12.6 Å². The topological polar surface area (TPSA) is 84.9 Å². The van der Waals surface area contributed by atoms with Gasteiger partial charge in [0, 0.05) is 13.2 Å². The molecule has 6 nitrogen and oxygen atoms in total. The molecule has 0 unspecified atom stereocenters. The van der Waals surface area contributed by atoms with Crippen molar-refractivity contribution in [1.29, 1.82) is 0 Å².